The zero-order valence-corrected chi connectivity index (χ0v) is 20.8. The van der Waals surface area contributed by atoms with E-state index >= 15 is 0 Å². The molecule has 0 atom stereocenters. The second-order valence-electron chi connectivity index (χ2n) is 8.23. The van der Waals surface area contributed by atoms with Crippen molar-refractivity contribution in [3.05, 3.63) is 47.7 Å². The molecule has 9 nitrogen and oxygen atoms in total. The molecular formula is C24H33N3O6S. The third-order valence-corrected chi connectivity index (χ3v) is 7.68. The Hall–Kier alpha value is -2.85. The molecule has 1 aromatic carbocycles. The van der Waals surface area contributed by atoms with Crippen LogP contribution in [0.5, 0.6) is 0 Å². The molecule has 1 N–H and O–H groups in total. The van der Waals surface area contributed by atoms with Crippen molar-refractivity contribution >= 4 is 27.6 Å². The molecule has 0 spiro atoms. The summed E-state index contributed by atoms with van der Waals surface area (Å²) in [4.78, 5) is 26.6. The second-order valence-corrected chi connectivity index (χ2v) is 10.1. The van der Waals surface area contributed by atoms with Crippen LogP contribution >= 0.6 is 0 Å². The van der Waals surface area contributed by atoms with Crippen LogP contribution in [-0.4, -0.2) is 63.9 Å². The van der Waals surface area contributed by atoms with Crippen molar-refractivity contribution in [2.75, 3.05) is 44.2 Å². The van der Waals surface area contributed by atoms with Gasteiger partial charge in [-0.25, -0.2) is 13.2 Å². The first-order valence-electron chi connectivity index (χ1n) is 11.6. The number of aryl methyl sites for hydroxylation is 1. The van der Waals surface area contributed by atoms with Crippen LogP contribution in [0.15, 0.2) is 45.9 Å². The normalized spacial score (nSPS) is 15.1. The Morgan fingerprint density at radius 2 is 1.91 bits per heavy atom. The fraction of sp³-hybridized carbons (Fsp3) is 0.500. The summed E-state index contributed by atoms with van der Waals surface area (Å²) in [5.74, 6) is -1.16. The molecule has 0 unspecified atom stereocenters. The number of benzene rings is 1. The highest BCUT2D eigenvalue weighted by Crippen LogP contribution is 2.25. The predicted octanol–water partition coefficient (Wildman–Crippen LogP) is 2.81. The molecule has 3 rings (SSSR count). The Bertz CT molecular complexity index is 1090. The van der Waals surface area contributed by atoms with Crippen molar-refractivity contribution in [3.8, 4) is 0 Å². The number of esters is 1. The van der Waals surface area contributed by atoms with Gasteiger partial charge in [-0.05, 0) is 63.4 Å². The van der Waals surface area contributed by atoms with Crippen molar-refractivity contribution in [2.45, 2.75) is 38.7 Å². The monoisotopic (exact) mass is 491 g/mol. The summed E-state index contributed by atoms with van der Waals surface area (Å²) in [6, 6.07) is 10.8. The lowest BCUT2D eigenvalue weighted by Crippen LogP contribution is -2.44. The van der Waals surface area contributed by atoms with Crippen LogP contribution in [-0.2, 0) is 19.6 Å². The minimum atomic E-state index is -3.88. The number of rotatable bonds is 10. The molecule has 1 aromatic heterocycles. The minimum Gasteiger partial charge on any atom is -0.460 e. The van der Waals surface area contributed by atoms with Gasteiger partial charge in [0.05, 0.1) is 6.61 Å². The number of piperidine rings is 1. The molecule has 1 amide bonds. The molecule has 2 heterocycles. The standard InChI is InChI=1S/C24H33N3O6S/c1-4-26(20-8-6-7-18(3)17-20)16-13-25-23(28)19-11-14-27(15-12-19)34(30,31)22-10-9-21(33-22)24(29)32-5-2/h6-10,17,19H,4-5,11-16H2,1-3H3,(H,25,28). The quantitative estimate of drug-likeness (QED) is 0.509. The fourth-order valence-electron chi connectivity index (χ4n) is 4.01. The van der Waals surface area contributed by atoms with E-state index < -0.39 is 16.0 Å². The first-order valence-corrected chi connectivity index (χ1v) is 13.1. The lowest BCUT2D eigenvalue weighted by molar-refractivity contribution is -0.126. The van der Waals surface area contributed by atoms with Crippen molar-refractivity contribution < 1.29 is 27.2 Å². The summed E-state index contributed by atoms with van der Waals surface area (Å²) in [6.45, 7) is 8.41. The number of likely N-dealkylation sites (N-methyl/N-ethyl adjacent to an activating group) is 1. The van der Waals surface area contributed by atoms with E-state index in [1.165, 1.54) is 22.0 Å². The Morgan fingerprint density at radius 1 is 1.18 bits per heavy atom. The predicted molar refractivity (Wildman–Crippen MR) is 128 cm³/mol. The number of hydrogen-bond acceptors (Lipinski definition) is 7. The summed E-state index contributed by atoms with van der Waals surface area (Å²) in [7, 11) is -3.88. The fourth-order valence-corrected chi connectivity index (χ4v) is 5.39. The molecule has 1 aliphatic heterocycles. The third kappa shape index (κ3) is 6.18. The number of nitrogens with one attached hydrogen (secondary N) is 1. The van der Waals surface area contributed by atoms with Gasteiger partial charge < -0.3 is 19.4 Å². The smallest absolute Gasteiger partial charge is 0.374 e. The molecular weight excluding hydrogens is 458 g/mol. The summed E-state index contributed by atoms with van der Waals surface area (Å²) in [5.41, 5.74) is 2.31. The van der Waals surface area contributed by atoms with Crippen LogP contribution in [0.3, 0.4) is 0 Å². The molecule has 0 aliphatic carbocycles. The first kappa shape index (κ1) is 25.8. The van der Waals surface area contributed by atoms with Crippen LogP contribution in [0.2, 0.25) is 0 Å². The summed E-state index contributed by atoms with van der Waals surface area (Å²) >= 11 is 0. The first-order chi connectivity index (χ1) is 16.3. The van der Waals surface area contributed by atoms with Gasteiger partial charge in [0.2, 0.25) is 16.8 Å². The largest absolute Gasteiger partial charge is 0.460 e. The number of carbonyl (C=O) groups is 2. The molecule has 186 valence electrons. The molecule has 10 heteroatoms. The molecule has 1 fully saturated rings. The maximum absolute atomic E-state index is 12.9. The number of ether oxygens (including phenoxy) is 1. The second kappa shape index (κ2) is 11.5. The van der Waals surface area contributed by atoms with Gasteiger partial charge in [-0.1, -0.05) is 12.1 Å². The Balaban J connectivity index is 1.49. The van der Waals surface area contributed by atoms with Crippen LogP contribution < -0.4 is 10.2 Å². The number of hydrogen-bond donors (Lipinski definition) is 1. The zero-order chi connectivity index (χ0) is 24.7. The molecule has 0 bridgehead atoms. The number of sulfonamides is 1. The van der Waals surface area contributed by atoms with Gasteiger partial charge in [0.15, 0.2) is 0 Å². The lowest BCUT2D eigenvalue weighted by atomic mass is 9.97. The lowest BCUT2D eigenvalue weighted by Gasteiger charge is -2.30. The molecule has 1 aliphatic rings. The maximum atomic E-state index is 12.9. The van der Waals surface area contributed by atoms with Crippen LogP contribution in [0.4, 0.5) is 5.69 Å². The highest BCUT2D eigenvalue weighted by molar-refractivity contribution is 7.89. The molecule has 0 saturated carbocycles. The minimum absolute atomic E-state index is 0.0556. The van der Waals surface area contributed by atoms with Gasteiger partial charge >= 0.3 is 5.97 Å². The van der Waals surface area contributed by atoms with E-state index in [1.807, 2.05) is 6.07 Å². The molecule has 1 saturated heterocycles. The van der Waals surface area contributed by atoms with E-state index in [4.69, 9.17) is 9.15 Å². The number of amides is 1. The van der Waals surface area contributed by atoms with Crippen LogP contribution in [0.25, 0.3) is 0 Å². The summed E-state index contributed by atoms with van der Waals surface area (Å²) < 4.78 is 37.1. The Kier molecular flexibility index (Phi) is 8.73. The number of carbonyl (C=O) groups excluding carboxylic acids is 2. The van der Waals surface area contributed by atoms with E-state index in [2.05, 4.69) is 42.3 Å². The number of anilines is 1. The van der Waals surface area contributed by atoms with Gasteiger partial charge in [0, 0.05) is 44.3 Å². The average molecular weight is 492 g/mol. The van der Waals surface area contributed by atoms with E-state index in [1.54, 1.807) is 6.92 Å². The van der Waals surface area contributed by atoms with Crippen molar-refractivity contribution in [1.29, 1.82) is 0 Å². The van der Waals surface area contributed by atoms with E-state index in [0.717, 1.165) is 12.2 Å². The van der Waals surface area contributed by atoms with Crippen LogP contribution in [0, 0.1) is 12.8 Å². The molecule has 2 aromatic rings. The SMILES string of the molecule is CCOC(=O)c1ccc(S(=O)(=O)N2CCC(C(=O)NCCN(CC)c3cccc(C)c3)CC2)o1. The average Bonchev–Trinajstić information content (AvgIpc) is 3.33. The van der Waals surface area contributed by atoms with Gasteiger partial charge in [0.25, 0.3) is 10.0 Å². The van der Waals surface area contributed by atoms with E-state index in [0.29, 0.717) is 25.9 Å². The Morgan fingerprint density at radius 3 is 2.56 bits per heavy atom. The Labute approximate surface area is 201 Å². The van der Waals surface area contributed by atoms with Crippen LogP contribution in [0.1, 0.15) is 42.8 Å². The maximum Gasteiger partial charge on any atom is 0.374 e. The van der Waals surface area contributed by atoms with Gasteiger partial charge in [-0.2, -0.15) is 4.31 Å². The van der Waals surface area contributed by atoms with Crippen molar-refractivity contribution in [1.82, 2.24) is 9.62 Å². The van der Waals surface area contributed by atoms with E-state index in [-0.39, 0.29) is 42.4 Å². The topological polar surface area (TPSA) is 109 Å². The summed E-state index contributed by atoms with van der Waals surface area (Å²) in [5, 5.41) is 2.70. The highest BCUT2D eigenvalue weighted by Gasteiger charge is 2.34. The summed E-state index contributed by atoms with van der Waals surface area (Å²) in [6.07, 6.45) is 0.845. The van der Waals surface area contributed by atoms with Gasteiger partial charge in [-0.15, -0.1) is 0 Å². The van der Waals surface area contributed by atoms with Crippen molar-refractivity contribution in [2.24, 2.45) is 5.92 Å². The van der Waals surface area contributed by atoms with Gasteiger partial charge in [0.1, 0.15) is 0 Å². The number of furan rings is 1. The zero-order valence-electron chi connectivity index (χ0n) is 20.0. The highest BCUT2D eigenvalue weighted by atomic mass is 32.2. The van der Waals surface area contributed by atoms with Crippen molar-refractivity contribution in [3.63, 3.8) is 0 Å². The number of nitrogens with zero attached hydrogens (tertiary/aromatic N) is 2. The molecule has 34 heavy (non-hydrogen) atoms. The third-order valence-electron chi connectivity index (χ3n) is 5.91. The van der Waals surface area contributed by atoms with E-state index in [9.17, 15) is 18.0 Å². The van der Waals surface area contributed by atoms with Gasteiger partial charge in [-0.3, -0.25) is 4.79 Å². The molecule has 0 radical (unpaired) electrons.